The number of carbonyl (C=O) groups excluding carboxylic acids is 2. The lowest BCUT2D eigenvalue weighted by molar-refractivity contribution is -0.117. The standard InChI is InChI=1S/C18H26O2S2/c1-14(2)17(12-15(3)19)21-10-7-11-22-18(20)13-16-8-5-4-6-9-16/h4-6,8-9,14,17H,7,10-13H2,1-3H3. The first-order chi connectivity index (χ1) is 10.5. The van der Waals surface area contributed by atoms with Gasteiger partial charge in [-0.1, -0.05) is 55.9 Å². The Bertz CT molecular complexity index is 457. The van der Waals surface area contributed by atoms with E-state index in [4.69, 9.17) is 0 Å². The Morgan fingerprint density at radius 1 is 1.09 bits per heavy atom. The van der Waals surface area contributed by atoms with E-state index in [9.17, 15) is 9.59 Å². The van der Waals surface area contributed by atoms with Crippen LogP contribution in [0.2, 0.25) is 0 Å². The van der Waals surface area contributed by atoms with Crippen LogP contribution in [0.5, 0.6) is 0 Å². The Morgan fingerprint density at radius 3 is 2.36 bits per heavy atom. The second-order valence-corrected chi connectivity index (χ2v) is 8.30. The fraction of sp³-hybridized carbons (Fsp3) is 0.556. The van der Waals surface area contributed by atoms with Gasteiger partial charge in [0.2, 0.25) is 0 Å². The van der Waals surface area contributed by atoms with Gasteiger partial charge in [0.15, 0.2) is 5.12 Å². The molecule has 1 rings (SSSR count). The van der Waals surface area contributed by atoms with Crippen molar-refractivity contribution in [2.24, 2.45) is 5.92 Å². The van der Waals surface area contributed by atoms with Crippen LogP contribution < -0.4 is 0 Å². The van der Waals surface area contributed by atoms with Gasteiger partial charge in [-0.25, -0.2) is 0 Å². The van der Waals surface area contributed by atoms with Crippen LogP contribution in [0.15, 0.2) is 30.3 Å². The normalized spacial score (nSPS) is 12.4. The number of ketones is 1. The average Bonchev–Trinajstić information content (AvgIpc) is 2.46. The summed E-state index contributed by atoms with van der Waals surface area (Å²) >= 11 is 3.29. The zero-order valence-electron chi connectivity index (χ0n) is 13.7. The predicted octanol–water partition coefficient (Wildman–Crippen LogP) is 4.62. The van der Waals surface area contributed by atoms with E-state index in [1.165, 1.54) is 11.8 Å². The van der Waals surface area contributed by atoms with E-state index >= 15 is 0 Å². The molecule has 1 unspecified atom stereocenters. The predicted molar refractivity (Wildman–Crippen MR) is 98.6 cm³/mol. The first kappa shape index (κ1) is 19.3. The number of carbonyl (C=O) groups is 2. The summed E-state index contributed by atoms with van der Waals surface area (Å²) in [7, 11) is 0. The van der Waals surface area contributed by atoms with E-state index < -0.39 is 0 Å². The van der Waals surface area contributed by atoms with E-state index in [0.29, 0.717) is 24.0 Å². The maximum atomic E-state index is 11.9. The van der Waals surface area contributed by atoms with Crippen molar-refractivity contribution in [3.63, 3.8) is 0 Å². The Labute approximate surface area is 142 Å². The van der Waals surface area contributed by atoms with Gasteiger partial charge in [0.25, 0.3) is 0 Å². The number of benzene rings is 1. The molecule has 0 amide bonds. The van der Waals surface area contributed by atoms with Crippen molar-refractivity contribution in [1.29, 1.82) is 0 Å². The third-order valence-corrected chi connectivity index (χ3v) is 5.93. The van der Waals surface area contributed by atoms with Gasteiger partial charge in [0, 0.05) is 23.8 Å². The van der Waals surface area contributed by atoms with Crippen molar-refractivity contribution >= 4 is 34.4 Å². The molecule has 0 saturated carbocycles. The van der Waals surface area contributed by atoms with Crippen molar-refractivity contribution in [1.82, 2.24) is 0 Å². The van der Waals surface area contributed by atoms with Crippen LogP contribution in [-0.4, -0.2) is 27.7 Å². The SMILES string of the molecule is CC(=O)CC(SCCCSC(=O)Cc1ccccc1)C(C)C. The molecule has 0 radical (unpaired) electrons. The highest BCUT2D eigenvalue weighted by atomic mass is 32.2. The second kappa shape index (κ2) is 10.9. The van der Waals surface area contributed by atoms with E-state index in [1.54, 1.807) is 6.92 Å². The fourth-order valence-electron chi connectivity index (χ4n) is 2.06. The van der Waals surface area contributed by atoms with Crippen LogP contribution in [-0.2, 0) is 16.0 Å². The lowest BCUT2D eigenvalue weighted by atomic mass is 10.1. The van der Waals surface area contributed by atoms with Gasteiger partial charge in [0.05, 0.1) is 0 Å². The Kier molecular flexibility index (Phi) is 9.56. The van der Waals surface area contributed by atoms with Crippen LogP contribution in [0.1, 0.15) is 39.2 Å². The molecule has 0 bridgehead atoms. The molecule has 1 aromatic rings. The van der Waals surface area contributed by atoms with Gasteiger partial charge in [-0.15, -0.1) is 0 Å². The maximum Gasteiger partial charge on any atom is 0.193 e. The van der Waals surface area contributed by atoms with E-state index in [1.807, 2.05) is 42.1 Å². The lowest BCUT2D eigenvalue weighted by Crippen LogP contribution is -2.15. The quantitative estimate of drug-likeness (QED) is 0.583. The summed E-state index contributed by atoms with van der Waals surface area (Å²) in [5.41, 5.74) is 1.08. The smallest absolute Gasteiger partial charge is 0.193 e. The molecule has 0 aliphatic heterocycles. The molecule has 0 aliphatic carbocycles. The van der Waals surface area contributed by atoms with Crippen LogP contribution in [0, 0.1) is 5.92 Å². The van der Waals surface area contributed by atoms with Gasteiger partial charge in [-0.2, -0.15) is 11.8 Å². The monoisotopic (exact) mass is 338 g/mol. The summed E-state index contributed by atoms with van der Waals surface area (Å²) in [5, 5.41) is 0.642. The molecule has 0 aromatic heterocycles. The maximum absolute atomic E-state index is 11.9. The highest BCUT2D eigenvalue weighted by molar-refractivity contribution is 8.13. The first-order valence-corrected chi connectivity index (χ1v) is 9.83. The average molecular weight is 339 g/mol. The Balaban J connectivity index is 2.16. The molecular formula is C18H26O2S2. The van der Waals surface area contributed by atoms with Crippen molar-refractivity contribution in [3.05, 3.63) is 35.9 Å². The molecule has 1 aromatic carbocycles. The summed E-state index contributed by atoms with van der Waals surface area (Å²) in [5.74, 6) is 2.66. The Morgan fingerprint density at radius 2 is 1.77 bits per heavy atom. The van der Waals surface area contributed by atoms with Crippen molar-refractivity contribution < 1.29 is 9.59 Å². The number of thioether (sulfide) groups is 2. The third kappa shape index (κ3) is 8.64. The van der Waals surface area contributed by atoms with E-state index in [-0.39, 0.29) is 10.9 Å². The van der Waals surface area contributed by atoms with E-state index in [2.05, 4.69) is 13.8 Å². The second-order valence-electron chi connectivity index (χ2n) is 5.80. The van der Waals surface area contributed by atoms with Crippen LogP contribution in [0.4, 0.5) is 0 Å². The molecule has 1 atom stereocenters. The minimum Gasteiger partial charge on any atom is -0.300 e. The van der Waals surface area contributed by atoms with Crippen molar-refractivity contribution in [2.45, 2.75) is 45.3 Å². The lowest BCUT2D eigenvalue weighted by Gasteiger charge is -2.18. The van der Waals surface area contributed by atoms with Gasteiger partial charge >= 0.3 is 0 Å². The number of hydrogen-bond acceptors (Lipinski definition) is 4. The van der Waals surface area contributed by atoms with Gasteiger partial charge in [0.1, 0.15) is 5.78 Å². The molecule has 122 valence electrons. The van der Waals surface area contributed by atoms with Gasteiger partial charge < -0.3 is 0 Å². The highest BCUT2D eigenvalue weighted by Crippen LogP contribution is 2.24. The third-order valence-electron chi connectivity index (χ3n) is 3.31. The number of hydrogen-bond donors (Lipinski definition) is 0. The summed E-state index contributed by atoms with van der Waals surface area (Å²) in [4.78, 5) is 23.1. The topological polar surface area (TPSA) is 34.1 Å². The molecule has 0 heterocycles. The van der Waals surface area contributed by atoms with Crippen LogP contribution >= 0.6 is 23.5 Å². The van der Waals surface area contributed by atoms with Crippen LogP contribution in [0.25, 0.3) is 0 Å². The van der Waals surface area contributed by atoms with Gasteiger partial charge in [-0.05, 0) is 30.6 Å². The molecule has 0 fully saturated rings. The summed E-state index contributed by atoms with van der Waals surface area (Å²) in [6.45, 7) is 5.99. The summed E-state index contributed by atoms with van der Waals surface area (Å²) in [6, 6.07) is 9.87. The van der Waals surface area contributed by atoms with Gasteiger partial charge in [-0.3, -0.25) is 9.59 Å². The number of rotatable bonds is 10. The van der Waals surface area contributed by atoms with Crippen LogP contribution in [0.3, 0.4) is 0 Å². The zero-order chi connectivity index (χ0) is 16.4. The Hall–Kier alpha value is -0.740. The number of Topliss-reactive ketones (excluding diaryl/α,β-unsaturated/α-hetero) is 1. The fourth-order valence-corrected chi connectivity index (χ4v) is 4.38. The molecule has 0 saturated heterocycles. The molecule has 0 spiro atoms. The minimum atomic E-state index is 0.236. The van der Waals surface area contributed by atoms with E-state index in [0.717, 1.165) is 23.5 Å². The molecule has 2 nitrogen and oxygen atoms in total. The summed E-state index contributed by atoms with van der Waals surface area (Å²) in [6.07, 6.45) is 2.18. The first-order valence-electron chi connectivity index (χ1n) is 7.79. The molecule has 0 aliphatic rings. The van der Waals surface area contributed by atoms with Crippen molar-refractivity contribution in [3.8, 4) is 0 Å². The zero-order valence-corrected chi connectivity index (χ0v) is 15.3. The molecule has 22 heavy (non-hydrogen) atoms. The summed E-state index contributed by atoms with van der Waals surface area (Å²) < 4.78 is 0. The highest BCUT2D eigenvalue weighted by Gasteiger charge is 2.15. The van der Waals surface area contributed by atoms with Crippen molar-refractivity contribution in [2.75, 3.05) is 11.5 Å². The molecular weight excluding hydrogens is 312 g/mol. The molecule has 4 heteroatoms. The largest absolute Gasteiger partial charge is 0.300 e. The minimum absolute atomic E-state index is 0.236. The molecule has 0 N–H and O–H groups in total.